The smallest absolute Gasteiger partial charge is 0.0642 e. The molecule has 2 rings (SSSR count). The van der Waals surface area contributed by atoms with Crippen LogP contribution in [0.15, 0.2) is 23.6 Å². The number of allylic oxidation sites excluding steroid dienone is 1. The summed E-state index contributed by atoms with van der Waals surface area (Å²) >= 11 is 1.80. The van der Waals surface area contributed by atoms with Crippen molar-refractivity contribution in [1.29, 1.82) is 0 Å². The number of thiophene rings is 1. The van der Waals surface area contributed by atoms with Crippen molar-refractivity contribution in [3.8, 4) is 0 Å². The maximum atomic E-state index is 5.35. The lowest BCUT2D eigenvalue weighted by atomic mass is 10.2. The van der Waals surface area contributed by atoms with Crippen LogP contribution in [0.25, 0.3) is 5.70 Å². The summed E-state index contributed by atoms with van der Waals surface area (Å²) in [6.07, 6.45) is 2.19. The molecule has 0 amide bonds. The second-order valence-corrected chi connectivity index (χ2v) is 4.20. The highest BCUT2D eigenvalue weighted by molar-refractivity contribution is 7.11. The van der Waals surface area contributed by atoms with Gasteiger partial charge in [0.15, 0.2) is 0 Å². The fourth-order valence-electron chi connectivity index (χ4n) is 1.71. The van der Waals surface area contributed by atoms with Gasteiger partial charge >= 0.3 is 0 Å². The van der Waals surface area contributed by atoms with E-state index in [1.807, 2.05) is 0 Å². The van der Waals surface area contributed by atoms with Gasteiger partial charge in [-0.15, -0.1) is 11.3 Å². The third-order valence-corrected chi connectivity index (χ3v) is 3.29. The molecule has 0 unspecified atom stereocenters. The fourth-order valence-corrected chi connectivity index (χ4v) is 2.54. The molecule has 1 fully saturated rings. The average molecular weight is 209 g/mol. The minimum Gasteiger partial charge on any atom is -0.378 e. The Morgan fingerprint density at radius 3 is 2.86 bits per heavy atom. The van der Waals surface area contributed by atoms with E-state index in [0.29, 0.717) is 0 Å². The predicted octanol–water partition coefficient (Wildman–Crippen LogP) is 2.44. The zero-order chi connectivity index (χ0) is 9.80. The molecule has 3 heteroatoms. The van der Waals surface area contributed by atoms with Crippen LogP contribution in [0.4, 0.5) is 0 Å². The third kappa shape index (κ3) is 1.99. The molecule has 0 aliphatic carbocycles. The molecule has 1 aromatic heterocycles. The van der Waals surface area contributed by atoms with E-state index >= 15 is 0 Å². The topological polar surface area (TPSA) is 12.5 Å². The molecule has 0 N–H and O–H groups in total. The molecule has 1 aromatic rings. The Hall–Kier alpha value is -0.800. The molecule has 0 saturated carbocycles. The van der Waals surface area contributed by atoms with E-state index in [4.69, 9.17) is 4.74 Å². The molecular weight excluding hydrogens is 194 g/mol. The van der Waals surface area contributed by atoms with Crippen LogP contribution in [0.3, 0.4) is 0 Å². The molecule has 2 heterocycles. The highest BCUT2D eigenvalue weighted by Crippen LogP contribution is 2.24. The van der Waals surface area contributed by atoms with Gasteiger partial charge in [0.05, 0.1) is 18.1 Å². The van der Waals surface area contributed by atoms with Crippen LogP contribution in [-0.4, -0.2) is 31.2 Å². The number of nitrogens with zero attached hydrogens (tertiary/aromatic N) is 1. The van der Waals surface area contributed by atoms with Crippen LogP contribution in [0.2, 0.25) is 0 Å². The Bertz CT molecular complexity index is 299. The number of ether oxygens (including phenoxy) is 1. The predicted molar refractivity (Wildman–Crippen MR) is 60.4 cm³/mol. The summed E-state index contributed by atoms with van der Waals surface area (Å²) in [5.41, 5.74) is 1.35. The van der Waals surface area contributed by atoms with Crippen molar-refractivity contribution >= 4 is 17.0 Å². The van der Waals surface area contributed by atoms with E-state index in [1.54, 1.807) is 11.3 Å². The highest BCUT2D eigenvalue weighted by Gasteiger charge is 2.14. The second kappa shape index (κ2) is 4.62. The minimum atomic E-state index is 0.850. The van der Waals surface area contributed by atoms with Crippen molar-refractivity contribution in [2.24, 2.45) is 0 Å². The van der Waals surface area contributed by atoms with E-state index in [0.717, 1.165) is 26.3 Å². The first kappa shape index (κ1) is 9.74. The van der Waals surface area contributed by atoms with Crippen molar-refractivity contribution in [2.75, 3.05) is 26.3 Å². The number of hydrogen-bond donors (Lipinski definition) is 0. The Balaban J connectivity index is 2.13. The van der Waals surface area contributed by atoms with Crippen molar-refractivity contribution in [3.63, 3.8) is 0 Å². The zero-order valence-corrected chi connectivity index (χ0v) is 9.22. The van der Waals surface area contributed by atoms with E-state index in [2.05, 4.69) is 35.4 Å². The maximum absolute atomic E-state index is 5.35. The molecule has 0 radical (unpaired) electrons. The molecule has 0 spiro atoms. The Labute approximate surface area is 88.8 Å². The second-order valence-electron chi connectivity index (χ2n) is 3.25. The van der Waals surface area contributed by atoms with Crippen LogP contribution in [0.5, 0.6) is 0 Å². The monoisotopic (exact) mass is 209 g/mol. The molecule has 0 atom stereocenters. The summed E-state index contributed by atoms with van der Waals surface area (Å²) in [7, 11) is 0. The van der Waals surface area contributed by atoms with Crippen molar-refractivity contribution < 1.29 is 4.74 Å². The normalized spacial score (nSPS) is 18.6. The van der Waals surface area contributed by atoms with E-state index in [9.17, 15) is 0 Å². The van der Waals surface area contributed by atoms with E-state index in [1.165, 1.54) is 10.6 Å². The lowest BCUT2D eigenvalue weighted by Gasteiger charge is -2.30. The molecule has 1 aliphatic heterocycles. The van der Waals surface area contributed by atoms with Crippen LogP contribution in [0.1, 0.15) is 11.8 Å². The van der Waals surface area contributed by atoms with Gasteiger partial charge in [0.25, 0.3) is 0 Å². The Morgan fingerprint density at radius 1 is 1.50 bits per heavy atom. The summed E-state index contributed by atoms with van der Waals surface area (Å²) in [5, 5.41) is 2.12. The lowest BCUT2D eigenvalue weighted by Crippen LogP contribution is -2.34. The molecular formula is C11H15NOS. The Morgan fingerprint density at radius 2 is 2.29 bits per heavy atom. The third-order valence-electron chi connectivity index (χ3n) is 2.40. The van der Waals surface area contributed by atoms with Crippen LogP contribution in [-0.2, 0) is 4.74 Å². The quantitative estimate of drug-likeness (QED) is 0.742. The van der Waals surface area contributed by atoms with Gasteiger partial charge in [-0.25, -0.2) is 0 Å². The van der Waals surface area contributed by atoms with Crippen LogP contribution < -0.4 is 0 Å². The SMILES string of the molecule is C/C=C(/c1cccs1)N1CCOCC1. The van der Waals surface area contributed by atoms with Gasteiger partial charge < -0.3 is 9.64 Å². The van der Waals surface area contributed by atoms with Crippen molar-refractivity contribution in [1.82, 2.24) is 4.90 Å². The highest BCUT2D eigenvalue weighted by atomic mass is 32.1. The van der Waals surface area contributed by atoms with Gasteiger partial charge in [-0.1, -0.05) is 12.1 Å². The van der Waals surface area contributed by atoms with E-state index in [-0.39, 0.29) is 0 Å². The number of morpholine rings is 1. The molecule has 76 valence electrons. The maximum Gasteiger partial charge on any atom is 0.0642 e. The molecule has 1 aliphatic rings. The number of hydrogen-bond acceptors (Lipinski definition) is 3. The standard InChI is InChI=1S/C11H15NOS/c1-2-10(11-4-3-9-14-11)12-5-7-13-8-6-12/h2-4,9H,5-8H2,1H3/b10-2-. The zero-order valence-electron chi connectivity index (χ0n) is 8.40. The molecule has 0 bridgehead atoms. The fraction of sp³-hybridized carbons (Fsp3) is 0.455. The summed E-state index contributed by atoms with van der Waals surface area (Å²) in [4.78, 5) is 3.75. The lowest BCUT2D eigenvalue weighted by molar-refractivity contribution is 0.0640. The first-order chi connectivity index (χ1) is 6.92. The molecule has 2 nitrogen and oxygen atoms in total. The largest absolute Gasteiger partial charge is 0.378 e. The summed E-state index contributed by atoms with van der Waals surface area (Å²) < 4.78 is 5.35. The van der Waals surface area contributed by atoms with E-state index < -0.39 is 0 Å². The van der Waals surface area contributed by atoms with Crippen LogP contribution in [0, 0.1) is 0 Å². The summed E-state index contributed by atoms with van der Waals surface area (Å²) in [6.45, 7) is 5.82. The van der Waals surface area contributed by atoms with Crippen molar-refractivity contribution in [3.05, 3.63) is 28.5 Å². The first-order valence-electron chi connectivity index (χ1n) is 4.94. The number of rotatable bonds is 2. The Kier molecular flexibility index (Phi) is 3.22. The van der Waals surface area contributed by atoms with Gasteiger partial charge in [0.2, 0.25) is 0 Å². The molecule has 14 heavy (non-hydrogen) atoms. The molecule has 0 aromatic carbocycles. The van der Waals surface area contributed by atoms with Gasteiger partial charge in [-0.05, 0) is 18.4 Å². The van der Waals surface area contributed by atoms with Gasteiger partial charge in [-0.2, -0.15) is 0 Å². The van der Waals surface area contributed by atoms with Crippen molar-refractivity contribution in [2.45, 2.75) is 6.92 Å². The summed E-state index contributed by atoms with van der Waals surface area (Å²) in [6, 6.07) is 4.28. The van der Waals surface area contributed by atoms with Gasteiger partial charge in [-0.3, -0.25) is 0 Å². The molecule has 1 saturated heterocycles. The summed E-state index contributed by atoms with van der Waals surface area (Å²) in [5.74, 6) is 0. The van der Waals surface area contributed by atoms with Crippen LogP contribution >= 0.6 is 11.3 Å². The van der Waals surface area contributed by atoms with Gasteiger partial charge in [0, 0.05) is 18.8 Å². The van der Waals surface area contributed by atoms with Gasteiger partial charge in [0.1, 0.15) is 0 Å². The first-order valence-corrected chi connectivity index (χ1v) is 5.82. The minimum absolute atomic E-state index is 0.850. The average Bonchev–Trinajstić information content (AvgIpc) is 2.74.